The Balaban J connectivity index is 2.61. The van der Waals surface area contributed by atoms with Crippen LogP contribution in [0.15, 0.2) is 47.4 Å². The van der Waals surface area contributed by atoms with Crippen LogP contribution in [0.25, 0.3) is 11.1 Å². The minimum Gasteiger partial charge on any atom is -0.322 e. The smallest absolute Gasteiger partial charge is 0.286 e. The van der Waals surface area contributed by atoms with Crippen molar-refractivity contribution in [2.75, 3.05) is 0 Å². The Kier molecular flexibility index (Phi) is 2.51. The van der Waals surface area contributed by atoms with E-state index in [1.807, 2.05) is 6.07 Å². The molecule has 16 heavy (non-hydrogen) atoms. The lowest BCUT2D eigenvalue weighted by molar-refractivity contribution is -0.385. The number of pyridine rings is 1. The summed E-state index contributed by atoms with van der Waals surface area (Å²) < 4.78 is 0. The van der Waals surface area contributed by atoms with Gasteiger partial charge in [0.15, 0.2) is 0 Å². The van der Waals surface area contributed by atoms with Crippen molar-refractivity contribution in [3.05, 3.63) is 63.1 Å². The molecule has 1 heterocycles. The van der Waals surface area contributed by atoms with E-state index in [9.17, 15) is 14.9 Å². The van der Waals surface area contributed by atoms with Crippen molar-refractivity contribution in [1.82, 2.24) is 4.98 Å². The first-order valence-corrected chi connectivity index (χ1v) is 4.61. The van der Waals surface area contributed by atoms with Crippen LogP contribution < -0.4 is 5.56 Å². The first-order valence-electron chi connectivity index (χ1n) is 4.61. The fourth-order valence-electron chi connectivity index (χ4n) is 1.41. The molecule has 0 amide bonds. The molecule has 0 aliphatic carbocycles. The second-order valence-electron chi connectivity index (χ2n) is 3.22. The molecule has 1 aromatic heterocycles. The lowest BCUT2D eigenvalue weighted by Crippen LogP contribution is -2.08. The van der Waals surface area contributed by atoms with Crippen molar-refractivity contribution in [2.45, 2.75) is 0 Å². The summed E-state index contributed by atoms with van der Waals surface area (Å²) in [5.74, 6) is 0. The number of H-pyrrole nitrogens is 1. The van der Waals surface area contributed by atoms with Crippen molar-refractivity contribution in [2.24, 2.45) is 0 Å². The molecule has 0 aliphatic heterocycles. The van der Waals surface area contributed by atoms with Crippen LogP contribution in [0, 0.1) is 10.1 Å². The molecule has 1 aromatic carbocycles. The number of aromatic nitrogens is 1. The van der Waals surface area contributed by atoms with E-state index in [-0.39, 0.29) is 11.2 Å². The Morgan fingerprint density at radius 2 is 1.88 bits per heavy atom. The van der Waals surface area contributed by atoms with E-state index in [1.54, 1.807) is 24.3 Å². The highest BCUT2D eigenvalue weighted by Gasteiger charge is 2.10. The number of nitro groups is 1. The first kappa shape index (κ1) is 10.1. The molecule has 2 rings (SSSR count). The number of nitrogens with one attached hydrogen (secondary N) is 1. The maximum absolute atomic E-state index is 11.5. The van der Waals surface area contributed by atoms with Gasteiger partial charge in [-0.05, 0) is 5.56 Å². The molecule has 0 saturated heterocycles. The van der Waals surface area contributed by atoms with Gasteiger partial charge in [-0.3, -0.25) is 14.9 Å². The van der Waals surface area contributed by atoms with Gasteiger partial charge < -0.3 is 4.98 Å². The number of hydrogen-bond donors (Lipinski definition) is 1. The van der Waals surface area contributed by atoms with E-state index in [0.717, 1.165) is 6.20 Å². The summed E-state index contributed by atoms with van der Waals surface area (Å²) in [6.45, 7) is 0. The van der Waals surface area contributed by atoms with Crippen molar-refractivity contribution in [3.8, 4) is 11.1 Å². The highest BCUT2D eigenvalue weighted by Crippen LogP contribution is 2.18. The van der Waals surface area contributed by atoms with Crippen LogP contribution in [-0.4, -0.2) is 9.91 Å². The fourth-order valence-corrected chi connectivity index (χ4v) is 1.41. The summed E-state index contributed by atoms with van der Waals surface area (Å²) in [5.41, 5.74) is 0.498. The van der Waals surface area contributed by atoms with Gasteiger partial charge in [0.25, 0.3) is 11.2 Å². The Morgan fingerprint density at radius 1 is 1.19 bits per heavy atom. The standard InChI is InChI=1S/C11H8N2O3/c14-11-10(8-4-2-1-3-5-8)6-9(7-12-11)13(15)16/h1-7H,(H,12,14). The Labute approximate surface area is 90.5 Å². The molecule has 80 valence electrons. The molecule has 0 saturated carbocycles. The van der Waals surface area contributed by atoms with Gasteiger partial charge in [-0.1, -0.05) is 30.3 Å². The molecular formula is C11H8N2O3. The molecular weight excluding hydrogens is 208 g/mol. The van der Waals surface area contributed by atoms with E-state index in [4.69, 9.17) is 0 Å². The molecule has 0 atom stereocenters. The summed E-state index contributed by atoms with van der Waals surface area (Å²) >= 11 is 0. The number of rotatable bonds is 2. The van der Waals surface area contributed by atoms with Crippen molar-refractivity contribution < 1.29 is 4.92 Å². The Morgan fingerprint density at radius 3 is 2.50 bits per heavy atom. The summed E-state index contributed by atoms with van der Waals surface area (Å²) in [5, 5.41) is 10.6. The van der Waals surface area contributed by atoms with Crippen LogP contribution in [-0.2, 0) is 0 Å². The first-order chi connectivity index (χ1) is 7.68. The molecule has 0 fully saturated rings. The Bertz CT molecular complexity index is 575. The minimum atomic E-state index is -0.539. The third kappa shape index (κ3) is 1.83. The maximum Gasteiger partial charge on any atom is 0.286 e. The van der Waals surface area contributed by atoms with Crippen molar-refractivity contribution in [1.29, 1.82) is 0 Å². The van der Waals surface area contributed by atoms with Crippen LogP contribution in [0.3, 0.4) is 0 Å². The second kappa shape index (κ2) is 3.98. The largest absolute Gasteiger partial charge is 0.322 e. The van der Waals surface area contributed by atoms with Crippen LogP contribution in [0.1, 0.15) is 0 Å². The molecule has 5 heteroatoms. The average Bonchev–Trinajstić information content (AvgIpc) is 2.30. The number of benzene rings is 1. The van der Waals surface area contributed by atoms with Gasteiger partial charge in [0.1, 0.15) is 0 Å². The lowest BCUT2D eigenvalue weighted by Gasteiger charge is -1.99. The van der Waals surface area contributed by atoms with Gasteiger partial charge in [0.2, 0.25) is 0 Å². The summed E-state index contributed by atoms with van der Waals surface area (Å²) in [4.78, 5) is 23.9. The molecule has 1 N–H and O–H groups in total. The number of aromatic amines is 1. The molecule has 0 bridgehead atoms. The van der Waals surface area contributed by atoms with Gasteiger partial charge in [-0.25, -0.2) is 0 Å². The average molecular weight is 216 g/mol. The van der Waals surface area contributed by atoms with Crippen LogP contribution >= 0.6 is 0 Å². The van der Waals surface area contributed by atoms with Gasteiger partial charge in [0, 0.05) is 6.07 Å². The highest BCUT2D eigenvalue weighted by atomic mass is 16.6. The van der Waals surface area contributed by atoms with Crippen molar-refractivity contribution in [3.63, 3.8) is 0 Å². The van der Waals surface area contributed by atoms with E-state index in [0.29, 0.717) is 11.1 Å². The predicted octanol–water partition coefficient (Wildman–Crippen LogP) is 1.95. The third-order valence-corrected chi connectivity index (χ3v) is 2.18. The highest BCUT2D eigenvalue weighted by molar-refractivity contribution is 5.64. The van der Waals surface area contributed by atoms with Gasteiger partial charge in [-0.15, -0.1) is 0 Å². The zero-order valence-electron chi connectivity index (χ0n) is 8.21. The van der Waals surface area contributed by atoms with E-state index >= 15 is 0 Å². The van der Waals surface area contributed by atoms with Gasteiger partial charge in [-0.2, -0.15) is 0 Å². The quantitative estimate of drug-likeness (QED) is 0.615. The fraction of sp³-hybridized carbons (Fsp3) is 0. The van der Waals surface area contributed by atoms with Gasteiger partial charge >= 0.3 is 0 Å². The third-order valence-electron chi connectivity index (χ3n) is 2.18. The molecule has 0 radical (unpaired) electrons. The van der Waals surface area contributed by atoms with Crippen LogP contribution in [0.2, 0.25) is 0 Å². The second-order valence-corrected chi connectivity index (χ2v) is 3.22. The van der Waals surface area contributed by atoms with Gasteiger partial charge in [0.05, 0.1) is 16.7 Å². The molecule has 5 nitrogen and oxygen atoms in total. The normalized spacial score (nSPS) is 10.0. The zero-order chi connectivity index (χ0) is 11.5. The summed E-state index contributed by atoms with van der Waals surface area (Å²) in [6, 6.07) is 10.1. The number of hydrogen-bond acceptors (Lipinski definition) is 3. The van der Waals surface area contributed by atoms with Crippen molar-refractivity contribution >= 4 is 5.69 Å². The maximum atomic E-state index is 11.5. The van der Waals surface area contributed by atoms with E-state index in [2.05, 4.69) is 4.98 Å². The van der Waals surface area contributed by atoms with E-state index < -0.39 is 4.92 Å². The minimum absolute atomic E-state index is 0.126. The molecule has 0 spiro atoms. The van der Waals surface area contributed by atoms with Crippen LogP contribution in [0.5, 0.6) is 0 Å². The van der Waals surface area contributed by atoms with Crippen LogP contribution in [0.4, 0.5) is 5.69 Å². The monoisotopic (exact) mass is 216 g/mol. The molecule has 0 aliphatic rings. The zero-order valence-corrected chi connectivity index (χ0v) is 8.21. The number of nitrogens with zero attached hydrogens (tertiary/aromatic N) is 1. The Hall–Kier alpha value is -2.43. The van der Waals surface area contributed by atoms with E-state index in [1.165, 1.54) is 6.07 Å². The summed E-state index contributed by atoms with van der Waals surface area (Å²) in [6.07, 6.45) is 1.09. The molecule has 0 unspecified atom stereocenters. The SMILES string of the molecule is O=c1[nH]cc([N+](=O)[O-])cc1-c1ccccc1. The predicted molar refractivity (Wildman–Crippen MR) is 59.2 cm³/mol. The summed E-state index contributed by atoms with van der Waals surface area (Å²) in [7, 11) is 0. The molecule has 2 aromatic rings. The lowest BCUT2D eigenvalue weighted by atomic mass is 10.1. The topological polar surface area (TPSA) is 76.0 Å².